The fourth-order valence-electron chi connectivity index (χ4n) is 2.43. The highest BCUT2D eigenvalue weighted by Crippen LogP contribution is 2.38. The molecule has 16 heavy (non-hydrogen) atoms. The lowest BCUT2D eigenvalue weighted by atomic mass is 9.83. The van der Waals surface area contributed by atoms with Gasteiger partial charge in [0.25, 0.3) is 0 Å². The number of aryl methyl sites for hydroxylation is 1. The van der Waals surface area contributed by atoms with Gasteiger partial charge in [0, 0.05) is 0 Å². The van der Waals surface area contributed by atoms with Gasteiger partial charge >= 0.3 is 0 Å². The first-order chi connectivity index (χ1) is 7.19. The van der Waals surface area contributed by atoms with Crippen molar-refractivity contribution in [2.24, 2.45) is 0 Å². The van der Waals surface area contributed by atoms with Crippen LogP contribution in [0.15, 0.2) is 12.1 Å². The highest BCUT2D eigenvalue weighted by molar-refractivity contribution is 5.78. The molecule has 0 saturated heterocycles. The fraction of sp³-hybridized carbons (Fsp3) is 0.571. The second kappa shape index (κ2) is 3.16. The van der Waals surface area contributed by atoms with Crippen LogP contribution in [0.25, 0.3) is 0 Å². The lowest BCUT2D eigenvalue weighted by Crippen LogP contribution is -2.33. The number of benzene rings is 1. The fourth-order valence-corrected chi connectivity index (χ4v) is 2.43. The second-order valence-electron chi connectivity index (χ2n) is 6.34. The van der Waals surface area contributed by atoms with E-state index in [0.717, 1.165) is 0 Å². The van der Waals surface area contributed by atoms with E-state index in [1.807, 2.05) is 0 Å². The van der Waals surface area contributed by atoms with Gasteiger partial charge < -0.3 is 10.6 Å². The highest BCUT2D eigenvalue weighted by Gasteiger charge is 2.28. The molecule has 2 heteroatoms. The molecule has 1 aromatic rings. The highest BCUT2D eigenvalue weighted by atomic mass is 15.2. The van der Waals surface area contributed by atoms with Crippen molar-refractivity contribution in [3.63, 3.8) is 0 Å². The number of nitrogens with one attached hydrogen (secondary N) is 2. The Hall–Kier alpha value is -1.18. The van der Waals surface area contributed by atoms with E-state index in [1.54, 1.807) is 0 Å². The number of hydrogen-bond donors (Lipinski definition) is 2. The van der Waals surface area contributed by atoms with E-state index in [1.165, 1.54) is 22.5 Å². The summed E-state index contributed by atoms with van der Waals surface area (Å²) in [5, 5.41) is 6.98. The Kier molecular flexibility index (Phi) is 2.23. The molecule has 2 nitrogen and oxygen atoms in total. The maximum atomic E-state index is 3.50. The second-order valence-corrected chi connectivity index (χ2v) is 6.34. The normalized spacial score (nSPS) is 17.6. The van der Waals surface area contributed by atoms with E-state index < -0.39 is 0 Å². The molecule has 0 radical (unpaired) electrons. The van der Waals surface area contributed by atoms with Crippen LogP contribution in [0.5, 0.6) is 0 Å². The van der Waals surface area contributed by atoms with Gasteiger partial charge in [-0.1, -0.05) is 20.8 Å². The molecule has 0 amide bonds. The van der Waals surface area contributed by atoms with Gasteiger partial charge in [-0.05, 0) is 49.4 Å². The van der Waals surface area contributed by atoms with E-state index in [9.17, 15) is 0 Å². The molecule has 1 heterocycles. The Labute approximate surface area is 98.4 Å². The smallest absolute Gasteiger partial charge is 0.102 e. The van der Waals surface area contributed by atoms with Gasteiger partial charge in [-0.15, -0.1) is 0 Å². The van der Waals surface area contributed by atoms with Crippen molar-refractivity contribution in [2.75, 3.05) is 10.6 Å². The summed E-state index contributed by atoms with van der Waals surface area (Å²) in [6.07, 6.45) is 0. The van der Waals surface area contributed by atoms with Crippen LogP contribution < -0.4 is 10.6 Å². The standard InChI is InChI=1S/C14H22N2/c1-9-7-11-12(16-14(5,6)15-11)8-10(9)13(2,3)4/h7-8,15-16H,1-6H3. The van der Waals surface area contributed by atoms with E-state index in [4.69, 9.17) is 0 Å². The maximum absolute atomic E-state index is 3.50. The Morgan fingerprint density at radius 1 is 1.00 bits per heavy atom. The maximum Gasteiger partial charge on any atom is 0.102 e. The zero-order valence-electron chi connectivity index (χ0n) is 11.2. The third-order valence-electron chi connectivity index (χ3n) is 3.07. The van der Waals surface area contributed by atoms with Crippen molar-refractivity contribution in [1.29, 1.82) is 0 Å². The van der Waals surface area contributed by atoms with Crippen LogP contribution in [0.3, 0.4) is 0 Å². The van der Waals surface area contributed by atoms with E-state index in [2.05, 4.69) is 64.3 Å². The quantitative estimate of drug-likeness (QED) is 0.691. The predicted octanol–water partition coefficient (Wildman–Crippen LogP) is 3.87. The van der Waals surface area contributed by atoms with E-state index in [-0.39, 0.29) is 11.1 Å². The predicted molar refractivity (Wildman–Crippen MR) is 71.2 cm³/mol. The molecule has 0 atom stereocenters. The van der Waals surface area contributed by atoms with Crippen LogP contribution in [-0.2, 0) is 5.41 Å². The lowest BCUT2D eigenvalue weighted by Gasteiger charge is -2.22. The molecule has 0 saturated carbocycles. The van der Waals surface area contributed by atoms with E-state index >= 15 is 0 Å². The molecule has 88 valence electrons. The summed E-state index contributed by atoms with van der Waals surface area (Å²) < 4.78 is 0. The Balaban J connectivity index is 2.49. The van der Waals surface area contributed by atoms with Crippen LogP contribution in [0, 0.1) is 6.92 Å². The van der Waals surface area contributed by atoms with Gasteiger partial charge in [-0.2, -0.15) is 0 Å². The van der Waals surface area contributed by atoms with Crippen molar-refractivity contribution < 1.29 is 0 Å². The monoisotopic (exact) mass is 218 g/mol. The largest absolute Gasteiger partial charge is 0.362 e. The third kappa shape index (κ3) is 1.89. The molecule has 0 unspecified atom stereocenters. The third-order valence-corrected chi connectivity index (χ3v) is 3.07. The molecule has 0 spiro atoms. The molecule has 0 aromatic heterocycles. The van der Waals surface area contributed by atoms with E-state index in [0.29, 0.717) is 0 Å². The first-order valence-corrected chi connectivity index (χ1v) is 5.90. The van der Waals surface area contributed by atoms with Gasteiger partial charge in [0.05, 0.1) is 11.4 Å². The number of rotatable bonds is 0. The molecule has 2 N–H and O–H groups in total. The van der Waals surface area contributed by atoms with Gasteiger partial charge in [0.1, 0.15) is 5.66 Å². The van der Waals surface area contributed by atoms with Gasteiger partial charge in [-0.3, -0.25) is 0 Å². The molecule has 1 aromatic carbocycles. The minimum absolute atomic E-state index is 0.0364. The van der Waals surface area contributed by atoms with Crippen LogP contribution in [0.1, 0.15) is 45.7 Å². The zero-order valence-corrected chi connectivity index (χ0v) is 11.2. The summed E-state index contributed by atoms with van der Waals surface area (Å²) >= 11 is 0. The van der Waals surface area contributed by atoms with Crippen LogP contribution in [-0.4, -0.2) is 5.66 Å². The molecule has 2 rings (SSSR count). The van der Waals surface area contributed by atoms with Gasteiger partial charge in [0.2, 0.25) is 0 Å². The summed E-state index contributed by atoms with van der Waals surface area (Å²) in [5.74, 6) is 0. The molecule has 0 fully saturated rings. The average molecular weight is 218 g/mol. The summed E-state index contributed by atoms with van der Waals surface area (Å²) in [6, 6.07) is 4.53. The number of hydrogen-bond acceptors (Lipinski definition) is 2. The first-order valence-electron chi connectivity index (χ1n) is 5.90. The first kappa shape index (κ1) is 11.3. The van der Waals surface area contributed by atoms with Crippen molar-refractivity contribution >= 4 is 11.4 Å². The van der Waals surface area contributed by atoms with Crippen LogP contribution in [0.4, 0.5) is 11.4 Å². The lowest BCUT2D eigenvalue weighted by molar-refractivity contribution is 0.586. The molecular weight excluding hydrogens is 196 g/mol. The zero-order chi connectivity index (χ0) is 12.1. The summed E-state index contributed by atoms with van der Waals surface area (Å²) in [4.78, 5) is 0. The Morgan fingerprint density at radius 2 is 1.50 bits per heavy atom. The Bertz CT molecular complexity index is 425. The summed E-state index contributed by atoms with van der Waals surface area (Å²) in [6.45, 7) is 13.3. The molecule has 0 bridgehead atoms. The molecule has 1 aliphatic rings. The van der Waals surface area contributed by atoms with Crippen molar-refractivity contribution in [3.8, 4) is 0 Å². The minimum Gasteiger partial charge on any atom is -0.362 e. The topological polar surface area (TPSA) is 24.1 Å². The molecular formula is C14H22N2. The van der Waals surface area contributed by atoms with Crippen LogP contribution >= 0.6 is 0 Å². The average Bonchev–Trinajstić information content (AvgIpc) is 2.34. The molecule has 0 aliphatic carbocycles. The van der Waals surface area contributed by atoms with Gasteiger partial charge in [0.15, 0.2) is 0 Å². The van der Waals surface area contributed by atoms with Crippen LogP contribution in [0.2, 0.25) is 0 Å². The van der Waals surface area contributed by atoms with Crippen molar-refractivity contribution in [3.05, 3.63) is 23.3 Å². The molecule has 1 aliphatic heterocycles. The van der Waals surface area contributed by atoms with Crippen molar-refractivity contribution in [1.82, 2.24) is 0 Å². The minimum atomic E-state index is -0.0364. The summed E-state index contributed by atoms with van der Waals surface area (Å²) in [7, 11) is 0. The number of fused-ring (bicyclic) bond motifs is 1. The Morgan fingerprint density at radius 3 is 2.00 bits per heavy atom. The number of anilines is 2. The van der Waals surface area contributed by atoms with Gasteiger partial charge in [-0.25, -0.2) is 0 Å². The van der Waals surface area contributed by atoms with Crippen molar-refractivity contribution in [2.45, 2.75) is 52.6 Å². The SMILES string of the molecule is Cc1cc2c(cc1C(C)(C)C)NC(C)(C)N2. The summed E-state index contributed by atoms with van der Waals surface area (Å²) in [5.41, 5.74) is 5.38.